The van der Waals surface area contributed by atoms with Gasteiger partial charge in [-0.2, -0.15) is 14.7 Å². The van der Waals surface area contributed by atoms with Crippen LogP contribution >= 0.6 is 0 Å². The third kappa shape index (κ3) is 3.64. The quantitative estimate of drug-likeness (QED) is 0.347. The van der Waals surface area contributed by atoms with Gasteiger partial charge in [-0.15, -0.1) is 0 Å². The predicted octanol–water partition coefficient (Wildman–Crippen LogP) is 1.16. The van der Waals surface area contributed by atoms with Crippen molar-refractivity contribution in [3.05, 3.63) is 52.6 Å². The summed E-state index contributed by atoms with van der Waals surface area (Å²) in [5.74, 6) is 1.80. The molecule has 1 aliphatic heterocycles. The van der Waals surface area contributed by atoms with Gasteiger partial charge >= 0.3 is 0 Å². The van der Waals surface area contributed by atoms with Crippen LogP contribution in [0.1, 0.15) is 23.2 Å². The number of nitrogens with zero attached hydrogens (tertiary/aromatic N) is 6. The maximum Gasteiger partial charge on any atom is 0.280 e. The smallest absolute Gasteiger partial charge is 0.280 e. The minimum Gasteiger partial charge on any atom is -0.476 e. The highest BCUT2D eigenvalue weighted by atomic mass is 16.5. The van der Waals surface area contributed by atoms with Crippen LogP contribution < -0.4 is 26.2 Å². The van der Waals surface area contributed by atoms with Gasteiger partial charge in [0, 0.05) is 32.5 Å². The van der Waals surface area contributed by atoms with Crippen molar-refractivity contribution in [1.82, 2.24) is 34.3 Å². The van der Waals surface area contributed by atoms with Gasteiger partial charge in [0.2, 0.25) is 5.88 Å². The summed E-state index contributed by atoms with van der Waals surface area (Å²) in [5, 5.41) is 17.9. The van der Waals surface area contributed by atoms with Crippen LogP contribution in [0.5, 0.6) is 5.88 Å². The lowest BCUT2D eigenvalue weighted by Crippen LogP contribution is -2.51. The van der Waals surface area contributed by atoms with E-state index in [0.29, 0.717) is 53.4 Å². The number of hydrogen-bond donors (Lipinski definition) is 3. The van der Waals surface area contributed by atoms with Gasteiger partial charge in [0.05, 0.1) is 24.9 Å². The lowest BCUT2D eigenvalue weighted by atomic mass is 9.89. The lowest BCUT2D eigenvalue weighted by Gasteiger charge is -2.35. The lowest BCUT2D eigenvalue weighted by molar-refractivity contribution is 0.00732. The summed E-state index contributed by atoms with van der Waals surface area (Å²) in [5.41, 5.74) is 0.682. The Labute approximate surface area is 205 Å². The molecule has 1 fully saturated rings. The molecule has 0 saturated heterocycles. The highest BCUT2D eigenvalue weighted by Gasteiger charge is 2.33. The largest absolute Gasteiger partial charge is 0.476 e. The molecule has 0 aromatic carbocycles. The molecule has 1 aliphatic carbocycles. The molecule has 0 unspecified atom stereocenters. The average Bonchev–Trinajstić information content (AvgIpc) is 3.58. The topological polar surface area (TPSA) is 142 Å². The number of carbonyl (C=O) groups is 1. The van der Waals surface area contributed by atoms with Crippen molar-refractivity contribution < 1.29 is 14.3 Å². The molecule has 0 spiro atoms. The Hall–Kier alpha value is -4.39. The van der Waals surface area contributed by atoms with Crippen molar-refractivity contribution >= 4 is 28.9 Å². The summed E-state index contributed by atoms with van der Waals surface area (Å²) in [6.07, 6.45) is 4.91. The van der Waals surface area contributed by atoms with E-state index in [1.54, 1.807) is 53.8 Å². The maximum absolute atomic E-state index is 13.2. The third-order valence-corrected chi connectivity index (χ3v) is 6.54. The highest BCUT2D eigenvalue weighted by Crippen LogP contribution is 2.25. The number of amides is 1. The first kappa shape index (κ1) is 22.1. The van der Waals surface area contributed by atoms with Crippen molar-refractivity contribution in [1.29, 1.82) is 0 Å². The fraction of sp³-hybridized carbons (Fsp3) is 0.348. The SMILES string of the molecule is CNc1cc(Nc2cccn(-c3cc4n(n3)CCO4)c2=O)nc2c(C(=O)N[C@@H]3CC[C@H]3OC)cnn12. The summed E-state index contributed by atoms with van der Waals surface area (Å²) in [6.45, 7) is 1.22. The second-order valence-corrected chi connectivity index (χ2v) is 8.64. The van der Waals surface area contributed by atoms with Gasteiger partial charge in [-0.1, -0.05) is 0 Å². The molecule has 13 nitrogen and oxygen atoms in total. The molecule has 0 radical (unpaired) electrons. The number of methoxy groups -OCH3 is 1. The Balaban J connectivity index is 1.32. The Morgan fingerprint density at radius 2 is 2.17 bits per heavy atom. The van der Waals surface area contributed by atoms with E-state index in [2.05, 4.69) is 31.1 Å². The van der Waals surface area contributed by atoms with Crippen molar-refractivity contribution in [2.75, 3.05) is 31.4 Å². The third-order valence-electron chi connectivity index (χ3n) is 6.54. The number of hydrogen-bond acceptors (Lipinski definition) is 9. The normalized spacial score (nSPS) is 18.4. The van der Waals surface area contributed by atoms with Crippen LogP contribution in [0, 0.1) is 0 Å². The second kappa shape index (κ2) is 8.68. The molecule has 1 saturated carbocycles. The van der Waals surface area contributed by atoms with Crippen LogP contribution in [0.2, 0.25) is 0 Å². The number of rotatable bonds is 7. The number of nitrogens with one attached hydrogen (secondary N) is 3. The zero-order valence-electron chi connectivity index (χ0n) is 19.8. The monoisotopic (exact) mass is 491 g/mol. The van der Waals surface area contributed by atoms with E-state index in [1.807, 2.05) is 0 Å². The van der Waals surface area contributed by atoms with Gasteiger partial charge in [0.1, 0.15) is 29.5 Å². The zero-order valence-corrected chi connectivity index (χ0v) is 19.8. The van der Waals surface area contributed by atoms with Crippen LogP contribution in [0.15, 0.2) is 41.5 Å². The molecule has 4 aromatic rings. The Morgan fingerprint density at radius 3 is 2.92 bits per heavy atom. The van der Waals surface area contributed by atoms with Gasteiger partial charge < -0.3 is 25.4 Å². The summed E-state index contributed by atoms with van der Waals surface area (Å²) in [7, 11) is 3.38. The molecule has 1 amide bonds. The molecule has 6 rings (SSSR count). The van der Waals surface area contributed by atoms with Gasteiger partial charge in [0.25, 0.3) is 11.5 Å². The minimum atomic E-state index is -0.302. The number of carbonyl (C=O) groups excluding carboxylic acids is 1. The molecular formula is C23H25N9O4. The number of anilines is 3. The second-order valence-electron chi connectivity index (χ2n) is 8.64. The number of ether oxygens (including phenoxy) is 2. The first-order valence-electron chi connectivity index (χ1n) is 11.7. The van der Waals surface area contributed by atoms with Crippen LogP contribution in [0.3, 0.4) is 0 Å². The first-order chi connectivity index (χ1) is 17.6. The van der Waals surface area contributed by atoms with Crippen LogP contribution in [-0.4, -0.2) is 67.8 Å². The van der Waals surface area contributed by atoms with Crippen molar-refractivity contribution in [3.63, 3.8) is 0 Å². The van der Waals surface area contributed by atoms with E-state index in [0.717, 1.165) is 12.8 Å². The van der Waals surface area contributed by atoms with Gasteiger partial charge in [0.15, 0.2) is 11.5 Å². The van der Waals surface area contributed by atoms with E-state index < -0.39 is 0 Å². The van der Waals surface area contributed by atoms with E-state index >= 15 is 0 Å². The molecule has 2 atom stereocenters. The van der Waals surface area contributed by atoms with Crippen LogP contribution in [-0.2, 0) is 11.3 Å². The minimum absolute atomic E-state index is 0.0112. The van der Waals surface area contributed by atoms with E-state index in [4.69, 9.17) is 9.47 Å². The zero-order chi connectivity index (χ0) is 24.8. The predicted molar refractivity (Wildman–Crippen MR) is 130 cm³/mol. The fourth-order valence-corrected chi connectivity index (χ4v) is 4.45. The number of fused-ring (bicyclic) bond motifs is 2. The number of aromatic nitrogens is 6. The first-order valence-corrected chi connectivity index (χ1v) is 11.7. The Morgan fingerprint density at radius 1 is 1.28 bits per heavy atom. The van der Waals surface area contributed by atoms with Gasteiger partial charge in [-0.3, -0.25) is 14.2 Å². The summed E-state index contributed by atoms with van der Waals surface area (Å²) in [6, 6.07) is 6.81. The van der Waals surface area contributed by atoms with Crippen LogP contribution in [0.4, 0.5) is 17.3 Å². The molecule has 2 aliphatic rings. The Bertz CT molecular complexity index is 1500. The summed E-state index contributed by atoms with van der Waals surface area (Å²) >= 11 is 0. The standard InChI is InChI=1S/C23H25N9O4/c1-24-18-10-17(28-21-13(12-25-32(18)21)22(33)27-14-5-6-16(14)35-2)26-15-4-3-7-30(23(15)34)19-11-20-31(29-19)8-9-36-20/h3-4,7,10-12,14,16,24H,5-6,8-9H2,1-2H3,(H,26,28)(H,27,33)/t14-,16-/m1/s1. The Kier molecular flexibility index (Phi) is 5.33. The van der Waals surface area contributed by atoms with Gasteiger partial charge in [-0.05, 0) is 25.0 Å². The molecule has 13 heteroatoms. The van der Waals surface area contributed by atoms with Crippen molar-refractivity contribution in [2.24, 2.45) is 0 Å². The van der Waals surface area contributed by atoms with Crippen molar-refractivity contribution in [3.8, 4) is 11.7 Å². The fourth-order valence-electron chi connectivity index (χ4n) is 4.45. The molecule has 186 valence electrons. The molecular weight excluding hydrogens is 466 g/mol. The van der Waals surface area contributed by atoms with E-state index in [-0.39, 0.29) is 23.6 Å². The van der Waals surface area contributed by atoms with E-state index in [9.17, 15) is 9.59 Å². The molecule has 36 heavy (non-hydrogen) atoms. The number of pyridine rings is 1. The average molecular weight is 492 g/mol. The summed E-state index contributed by atoms with van der Waals surface area (Å²) in [4.78, 5) is 30.8. The van der Waals surface area contributed by atoms with Gasteiger partial charge in [-0.25, -0.2) is 9.67 Å². The van der Waals surface area contributed by atoms with Crippen LogP contribution in [0.25, 0.3) is 11.5 Å². The van der Waals surface area contributed by atoms with Crippen molar-refractivity contribution in [2.45, 2.75) is 31.5 Å². The molecule has 5 heterocycles. The maximum atomic E-state index is 13.2. The van der Waals surface area contributed by atoms with E-state index in [1.165, 1.54) is 10.8 Å². The molecule has 4 aromatic heterocycles. The summed E-state index contributed by atoms with van der Waals surface area (Å²) < 4.78 is 15.6. The molecule has 3 N–H and O–H groups in total. The molecule has 0 bridgehead atoms. The highest BCUT2D eigenvalue weighted by molar-refractivity contribution is 6.00.